The number of para-hydroxylation sites is 2. The highest BCUT2D eigenvalue weighted by Gasteiger charge is 2.13. The minimum atomic E-state index is -0.449. The number of carbonyl (C=O) groups is 1. The normalized spacial score (nSPS) is 10.8. The van der Waals surface area contributed by atoms with Gasteiger partial charge in [0.1, 0.15) is 5.75 Å². The van der Waals surface area contributed by atoms with Gasteiger partial charge in [-0.05, 0) is 52.7 Å². The van der Waals surface area contributed by atoms with Crippen LogP contribution in [0.4, 0.5) is 0 Å². The molecule has 0 spiro atoms. The first-order valence-electron chi connectivity index (χ1n) is 7.69. The van der Waals surface area contributed by atoms with E-state index in [0.29, 0.717) is 34.3 Å². The summed E-state index contributed by atoms with van der Waals surface area (Å²) in [7, 11) is 1.53. The zero-order valence-electron chi connectivity index (χ0n) is 13.5. The Morgan fingerprint density at radius 2 is 2.04 bits per heavy atom. The average molecular weight is 406 g/mol. The Labute approximate surface area is 152 Å². The smallest absolute Gasteiger partial charge is 0.419 e. The molecule has 7 heteroatoms. The van der Waals surface area contributed by atoms with Crippen molar-refractivity contribution >= 4 is 33.0 Å². The van der Waals surface area contributed by atoms with E-state index in [4.69, 9.17) is 13.9 Å². The highest BCUT2D eigenvalue weighted by atomic mass is 79.9. The number of hydrogen-bond acceptors (Lipinski definition) is 5. The zero-order valence-corrected chi connectivity index (χ0v) is 15.1. The second-order valence-electron chi connectivity index (χ2n) is 5.32. The van der Waals surface area contributed by atoms with Crippen LogP contribution < -0.4 is 10.5 Å². The summed E-state index contributed by atoms with van der Waals surface area (Å²) >= 11 is 3.32. The average Bonchev–Trinajstić information content (AvgIpc) is 2.94. The second kappa shape index (κ2) is 7.57. The number of hydrogen-bond donors (Lipinski definition) is 0. The molecule has 2 aromatic carbocycles. The number of oxazole rings is 1. The molecule has 0 saturated heterocycles. The van der Waals surface area contributed by atoms with Gasteiger partial charge < -0.3 is 13.9 Å². The molecule has 0 radical (unpaired) electrons. The van der Waals surface area contributed by atoms with Crippen LogP contribution in [0.3, 0.4) is 0 Å². The van der Waals surface area contributed by atoms with Crippen LogP contribution >= 0.6 is 15.9 Å². The Balaban J connectivity index is 1.61. The summed E-state index contributed by atoms with van der Waals surface area (Å²) in [6.07, 6.45) is 0.497. The highest BCUT2D eigenvalue weighted by Crippen LogP contribution is 2.23. The maximum Gasteiger partial charge on any atom is 0.419 e. The third kappa shape index (κ3) is 3.76. The largest absolute Gasteiger partial charge is 0.497 e. The number of rotatable bonds is 6. The molecule has 6 nitrogen and oxygen atoms in total. The summed E-state index contributed by atoms with van der Waals surface area (Å²) in [5.41, 5.74) is 1.67. The van der Waals surface area contributed by atoms with E-state index in [-0.39, 0.29) is 6.61 Å². The summed E-state index contributed by atoms with van der Waals surface area (Å²) in [5.74, 6) is -0.287. The maximum atomic E-state index is 12.2. The monoisotopic (exact) mass is 405 g/mol. The highest BCUT2D eigenvalue weighted by molar-refractivity contribution is 9.10. The minimum Gasteiger partial charge on any atom is -0.497 e. The first kappa shape index (κ1) is 17.3. The Morgan fingerprint density at radius 1 is 1.24 bits per heavy atom. The van der Waals surface area contributed by atoms with Crippen molar-refractivity contribution in [3.63, 3.8) is 0 Å². The molecule has 0 aliphatic carbocycles. The molecule has 1 heterocycles. The van der Waals surface area contributed by atoms with Gasteiger partial charge in [-0.1, -0.05) is 12.1 Å². The van der Waals surface area contributed by atoms with Crippen molar-refractivity contribution in [1.82, 2.24) is 4.57 Å². The molecule has 25 heavy (non-hydrogen) atoms. The van der Waals surface area contributed by atoms with Gasteiger partial charge in [-0.2, -0.15) is 0 Å². The molecule has 0 unspecified atom stereocenters. The lowest BCUT2D eigenvalue weighted by Gasteiger charge is -2.08. The summed E-state index contributed by atoms with van der Waals surface area (Å²) in [6, 6.07) is 12.3. The Morgan fingerprint density at radius 3 is 2.84 bits per heavy atom. The van der Waals surface area contributed by atoms with Gasteiger partial charge in [-0.15, -0.1) is 0 Å². The molecule has 0 bridgehead atoms. The van der Waals surface area contributed by atoms with Crippen LogP contribution in [0.1, 0.15) is 16.8 Å². The molecular formula is C18H16BrNO5. The number of esters is 1. The third-order valence-electron chi connectivity index (χ3n) is 3.73. The molecule has 0 N–H and O–H groups in total. The molecule has 3 rings (SSSR count). The fourth-order valence-corrected chi connectivity index (χ4v) is 2.89. The maximum absolute atomic E-state index is 12.2. The number of ether oxygens (including phenoxy) is 2. The van der Waals surface area contributed by atoms with Crippen LogP contribution in [0.15, 0.2) is 56.1 Å². The van der Waals surface area contributed by atoms with Crippen LogP contribution in [-0.2, 0) is 11.3 Å². The van der Waals surface area contributed by atoms with Gasteiger partial charge in [0.05, 0.1) is 24.8 Å². The van der Waals surface area contributed by atoms with Crippen molar-refractivity contribution in [3.05, 3.63) is 63.1 Å². The lowest BCUT2D eigenvalue weighted by atomic mass is 10.2. The van der Waals surface area contributed by atoms with Crippen LogP contribution in [0.25, 0.3) is 11.1 Å². The molecule has 0 atom stereocenters. The first-order chi connectivity index (χ1) is 12.1. The lowest BCUT2D eigenvalue weighted by Crippen LogP contribution is -2.16. The molecule has 0 amide bonds. The fourth-order valence-electron chi connectivity index (χ4n) is 2.48. The molecular weight excluding hydrogens is 390 g/mol. The van der Waals surface area contributed by atoms with Crippen LogP contribution in [0, 0.1) is 0 Å². The van der Waals surface area contributed by atoms with Gasteiger partial charge in [0.2, 0.25) is 0 Å². The lowest BCUT2D eigenvalue weighted by molar-refractivity contribution is 0.0494. The molecule has 0 aliphatic rings. The van der Waals surface area contributed by atoms with Gasteiger partial charge in [-0.3, -0.25) is 4.57 Å². The predicted molar refractivity (Wildman–Crippen MR) is 96.1 cm³/mol. The van der Waals surface area contributed by atoms with E-state index in [1.54, 1.807) is 24.3 Å². The quantitative estimate of drug-likeness (QED) is 0.462. The van der Waals surface area contributed by atoms with E-state index < -0.39 is 11.7 Å². The predicted octanol–water partition coefficient (Wildman–Crippen LogP) is 3.61. The Kier molecular flexibility index (Phi) is 5.23. The Hall–Kier alpha value is -2.54. The van der Waals surface area contributed by atoms with E-state index in [9.17, 15) is 9.59 Å². The van der Waals surface area contributed by atoms with E-state index >= 15 is 0 Å². The molecule has 0 saturated carbocycles. The minimum absolute atomic E-state index is 0.189. The summed E-state index contributed by atoms with van der Waals surface area (Å²) in [6.45, 7) is 0.594. The number of aryl methyl sites for hydroxylation is 1. The van der Waals surface area contributed by atoms with Gasteiger partial charge in [-0.25, -0.2) is 9.59 Å². The third-order valence-corrected chi connectivity index (χ3v) is 4.42. The first-order valence-corrected chi connectivity index (χ1v) is 8.48. The summed E-state index contributed by atoms with van der Waals surface area (Å²) in [4.78, 5) is 24.1. The number of benzene rings is 2. The number of aromatic nitrogens is 1. The molecule has 130 valence electrons. The topological polar surface area (TPSA) is 70.7 Å². The van der Waals surface area contributed by atoms with Crippen molar-refractivity contribution in [2.45, 2.75) is 13.0 Å². The standard InChI is InChI=1S/C18H16BrNO5/c1-23-12-7-8-14(19)13(11-12)17(21)24-10-4-9-20-15-5-2-3-6-16(15)25-18(20)22/h2-3,5-8,11H,4,9-10H2,1H3. The molecule has 0 aliphatic heterocycles. The molecule has 0 fully saturated rings. The van der Waals surface area contributed by atoms with E-state index in [1.165, 1.54) is 11.7 Å². The summed E-state index contributed by atoms with van der Waals surface area (Å²) < 4.78 is 17.7. The van der Waals surface area contributed by atoms with Gasteiger partial charge in [0.15, 0.2) is 5.58 Å². The number of carbonyl (C=O) groups excluding carboxylic acids is 1. The Bertz CT molecular complexity index is 959. The van der Waals surface area contributed by atoms with Crippen LogP contribution in [0.2, 0.25) is 0 Å². The van der Waals surface area contributed by atoms with Crippen molar-refractivity contribution < 1.29 is 18.7 Å². The van der Waals surface area contributed by atoms with E-state index in [2.05, 4.69) is 15.9 Å². The SMILES string of the molecule is COc1ccc(Br)c(C(=O)OCCCn2c(=O)oc3ccccc32)c1. The van der Waals surface area contributed by atoms with Crippen molar-refractivity contribution in [2.24, 2.45) is 0 Å². The number of methoxy groups -OCH3 is 1. The number of halogens is 1. The van der Waals surface area contributed by atoms with E-state index in [0.717, 1.165) is 5.52 Å². The van der Waals surface area contributed by atoms with Crippen molar-refractivity contribution in [3.8, 4) is 5.75 Å². The fraction of sp³-hybridized carbons (Fsp3) is 0.222. The van der Waals surface area contributed by atoms with Crippen molar-refractivity contribution in [2.75, 3.05) is 13.7 Å². The summed E-state index contributed by atoms with van der Waals surface area (Å²) in [5, 5.41) is 0. The van der Waals surface area contributed by atoms with Gasteiger partial charge in [0, 0.05) is 11.0 Å². The van der Waals surface area contributed by atoms with Gasteiger partial charge in [0.25, 0.3) is 0 Å². The molecule has 3 aromatic rings. The second-order valence-corrected chi connectivity index (χ2v) is 6.18. The van der Waals surface area contributed by atoms with Gasteiger partial charge >= 0.3 is 11.7 Å². The van der Waals surface area contributed by atoms with Crippen LogP contribution in [0.5, 0.6) is 5.75 Å². The van der Waals surface area contributed by atoms with Crippen molar-refractivity contribution in [1.29, 1.82) is 0 Å². The number of nitrogens with zero attached hydrogens (tertiary/aromatic N) is 1. The van der Waals surface area contributed by atoms with E-state index in [1.807, 2.05) is 18.2 Å². The molecule has 1 aromatic heterocycles. The zero-order chi connectivity index (χ0) is 17.8. The van der Waals surface area contributed by atoms with Crippen LogP contribution in [-0.4, -0.2) is 24.3 Å². The number of fused-ring (bicyclic) bond motifs is 1.